The molecule has 5 aromatic carbocycles. The minimum Gasteiger partial charge on any atom is -0.324 e. The monoisotopic (exact) mass is 364 g/mol. The molecular formula is C25H20N2O. The number of anilines is 1. The molecule has 0 unspecified atom stereocenters. The molecule has 0 bridgehead atoms. The molecule has 5 aromatic rings. The minimum atomic E-state index is -0.596. The van der Waals surface area contributed by atoms with Crippen LogP contribution in [0.4, 0.5) is 5.69 Å². The number of benzene rings is 5. The average Bonchev–Trinajstić information content (AvgIpc) is 2.73. The highest BCUT2D eigenvalue weighted by molar-refractivity contribution is 6.25. The van der Waals surface area contributed by atoms with Gasteiger partial charge in [0.2, 0.25) is 5.91 Å². The van der Waals surface area contributed by atoms with Crippen LogP contribution in [0.5, 0.6) is 0 Å². The van der Waals surface area contributed by atoms with Crippen molar-refractivity contribution in [2.45, 2.75) is 12.5 Å². The third kappa shape index (κ3) is 2.77. The van der Waals surface area contributed by atoms with Gasteiger partial charge in [-0.3, -0.25) is 4.79 Å². The zero-order chi connectivity index (χ0) is 19.1. The molecule has 0 spiro atoms. The summed E-state index contributed by atoms with van der Waals surface area (Å²) in [5, 5.41) is 10.1. The van der Waals surface area contributed by atoms with Crippen LogP contribution < -0.4 is 11.1 Å². The Bertz CT molecular complexity index is 1280. The van der Waals surface area contributed by atoms with Crippen molar-refractivity contribution >= 4 is 43.9 Å². The summed E-state index contributed by atoms with van der Waals surface area (Å²) in [4.78, 5) is 12.7. The van der Waals surface area contributed by atoms with Crippen molar-refractivity contribution in [2.75, 3.05) is 5.32 Å². The summed E-state index contributed by atoms with van der Waals surface area (Å²) in [5.41, 5.74) is 8.03. The summed E-state index contributed by atoms with van der Waals surface area (Å²) in [7, 11) is 0. The first-order valence-corrected chi connectivity index (χ1v) is 9.47. The number of carbonyl (C=O) groups is 1. The number of carbonyl (C=O) groups excluding carboxylic acids is 1. The normalized spacial score (nSPS) is 12.6. The van der Waals surface area contributed by atoms with E-state index in [4.69, 9.17) is 5.73 Å². The fourth-order valence-electron chi connectivity index (χ4n) is 4.03. The average molecular weight is 364 g/mol. The highest BCUT2D eigenvalue weighted by atomic mass is 16.2. The van der Waals surface area contributed by atoms with Crippen molar-refractivity contribution < 1.29 is 4.79 Å². The van der Waals surface area contributed by atoms with Gasteiger partial charge in [0.1, 0.15) is 0 Å². The molecule has 0 aliphatic heterocycles. The van der Waals surface area contributed by atoms with Crippen molar-refractivity contribution in [2.24, 2.45) is 5.73 Å². The number of nitrogens with two attached hydrogens (primary N) is 1. The molecule has 1 amide bonds. The third-order valence-electron chi connectivity index (χ3n) is 5.42. The Kier molecular flexibility index (Phi) is 3.96. The van der Waals surface area contributed by atoms with Gasteiger partial charge in [0.25, 0.3) is 0 Å². The van der Waals surface area contributed by atoms with E-state index in [1.54, 1.807) is 0 Å². The van der Waals surface area contributed by atoms with Crippen LogP contribution in [0.1, 0.15) is 5.56 Å². The standard InChI is InChI=1S/C25H20N2O/c26-21(15-16-5-2-1-3-6-16)25(28)27-22-14-12-19-10-9-17-7-4-8-18-11-13-20(22)24(19)23(17)18/h1-14,21H,15,26H2,(H,27,28)/t21-/m0/s1. The van der Waals surface area contributed by atoms with Gasteiger partial charge in [0.05, 0.1) is 6.04 Å². The van der Waals surface area contributed by atoms with Crippen molar-refractivity contribution in [1.82, 2.24) is 0 Å². The van der Waals surface area contributed by atoms with Gasteiger partial charge in [-0.2, -0.15) is 0 Å². The Hall–Kier alpha value is -3.43. The van der Waals surface area contributed by atoms with E-state index in [2.05, 4.69) is 53.8 Å². The molecule has 28 heavy (non-hydrogen) atoms. The fourth-order valence-corrected chi connectivity index (χ4v) is 4.03. The van der Waals surface area contributed by atoms with Crippen LogP contribution in [-0.4, -0.2) is 11.9 Å². The maximum Gasteiger partial charge on any atom is 0.241 e. The van der Waals surface area contributed by atoms with Crippen LogP contribution in [0.2, 0.25) is 0 Å². The molecule has 1 atom stereocenters. The predicted molar refractivity (Wildman–Crippen MR) is 117 cm³/mol. The molecule has 0 aliphatic rings. The third-order valence-corrected chi connectivity index (χ3v) is 5.42. The van der Waals surface area contributed by atoms with E-state index in [-0.39, 0.29) is 5.91 Å². The number of rotatable bonds is 4. The number of nitrogens with one attached hydrogen (secondary N) is 1. The Labute approximate surface area is 163 Å². The first-order valence-electron chi connectivity index (χ1n) is 9.47. The van der Waals surface area contributed by atoms with Crippen LogP contribution in [0.25, 0.3) is 32.3 Å². The predicted octanol–water partition coefficient (Wildman–Crippen LogP) is 5.09. The lowest BCUT2D eigenvalue weighted by atomic mass is 9.93. The summed E-state index contributed by atoms with van der Waals surface area (Å²) < 4.78 is 0. The van der Waals surface area contributed by atoms with Crippen LogP contribution in [0.15, 0.2) is 84.9 Å². The minimum absolute atomic E-state index is 0.168. The van der Waals surface area contributed by atoms with Gasteiger partial charge in [0, 0.05) is 11.1 Å². The Morgan fingerprint density at radius 1 is 0.750 bits per heavy atom. The van der Waals surface area contributed by atoms with Crippen molar-refractivity contribution in [3.8, 4) is 0 Å². The zero-order valence-corrected chi connectivity index (χ0v) is 15.4. The van der Waals surface area contributed by atoms with Crippen LogP contribution >= 0.6 is 0 Å². The van der Waals surface area contributed by atoms with Gasteiger partial charge < -0.3 is 11.1 Å². The van der Waals surface area contributed by atoms with E-state index in [9.17, 15) is 4.79 Å². The van der Waals surface area contributed by atoms with E-state index in [1.165, 1.54) is 26.9 Å². The molecule has 3 nitrogen and oxygen atoms in total. The summed E-state index contributed by atoms with van der Waals surface area (Å²) in [6.07, 6.45) is 0.512. The number of amides is 1. The summed E-state index contributed by atoms with van der Waals surface area (Å²) >= 11 is 0. The molecule has 0 heterocycles. The van der Waals surface area contributed by atoms with E-state index >= 15 is 0 Å². The first kappa shape index (κ1) is 16.7. The Morgan fingerprint density at radius 3 is 2.14 bits per heavy atom. The highest BCUT2D eigenvalue weighted by Crippen LogP contribution is 2.37. The molecule has 136 valence electrons. The molecule has 0 aromatic heterocycles. The second-order valence-electron chi connectivity index (χ2n) is 7.25. The van der Waals surface area contributed by atoms with Crippen LogP contribution in [0, 0.1) is 0 Å². The molecule has 0 saturated carbocycles. The molecular weight excluding hydrogens is 344 g/mol. The highest BCUT2D eigenvalue weighted by Gasteiger charge is 2.17. The lowest BCUT2D eigenvalue weighted by molar-refractivity contribution is -0.117. The van der Waals surface area contributed by atoms with E-state index < -0.39 is 6.04 Å². The Morgan fingerprint density at radius 2 is 1.39 bits per heavy atom. The second kappa shape index (κ2) is 6.63. The lowest BCUT2D eigenvalue weighted by Crippen LogP contribution is -2.37. The van der Waals surface area contributed by atoms with Gasteiger partial charge in [-0.05, 0) is 45.0 Å². The summed E-state index contributed by atoms with van der Waals surface area (Å²) in [6, 6.07) is 28.1. The van der Waals surface area contributed by atoms with Gasteiger partial charge in [-0.25, -0.2) is 0 Å². The van der Waals surface area contributed by atoms with Gasteiger partial charge >= 0.3 is 0 Å². The zero-order valence-electron chi connectivity index (χ0n) is 15.4. The SMILES string of the molecule is N[C@@H](Cc1ccccc1)C(=O)Nc1ccc2ccc3cccc4ccc1c2c34. The Balaban J connectivity index is 1.53. The van der Waals surface area contributed by atoms with Gasteiger partial charge in [-0.15, -0.1) is 0 Å². The van der Waals surface area contributed by atoms with Crippen molar-refractivity contribution in [1.29, 1.82) is 0 Å². The van der Waals surface area contributed by atoms with E-state index in [0.717, 1.165) is 16.6 Å². The van der Waals surface area contributed by atoms with Gasteiger partial charge in [0.15, 0.2) is 0 Å². The maximum absolute atomic E-state index is 12.7. The number of hydrogen-bond donors (Lipinski definition) is 2. The van der Waals surface area contributed by atoms with Crippen LogP contribution in [0.3, 0.4) is 0 Å². The molecule has 0 aliphatic carbocycles. The van der Waals surface area contributed by atoms with Crippen molar-refractivity contribution in [3.05, 3.63) is 90.5 Å². The quantitative estimate of drug-likeness (QED) is 0.436. The molecule has 0 saturated heterocycles. The molecule has 5 rings (SSSR count). The summed E-state index contributed by atoms with van der Waals surface area (Å²) in [6.45, 7) is 0. The van der Waals surface area contributed by atoms with E-state index in [1.807, 2.05) is 36.4 Å². The van der Waals surface area contributed by atoms with Crippen LogP contribution in [-0.2, 0) is 11.2 Å². The first-order chi connectivity index (χ1) is 13.7. The lowest BCUT2D eigenvalue weighted by Gasteiger charge is -2.16. The smallest absolute Gasteiger partial charge is 0.241 e. The van der Waals surface area contributed by atoms with Gasteiger partial charge in [-0.1, -0.05) is 78.9 Å². The summed E-state index contributed by atoms with van der Waals surface area (Å²) in [5.74, 6) is -0.168. The van der Waals surface area contributed by atoms with Crippen molar-refractivity contribution in [3.63, 3.8) is 0 Å². The number of hydrogen-bond acceptors (Lipinski definition) is 2. The molecule has 0 radical (unpaired) electrons. The maximum atomic E-state index is 12.7. The largest absolute Gasteiger partial charge is 0.324 e. The molecule has 3 N–H and O–H groups in total. The topological polar surface area (TPSA) is 55.1 Å². The second-order valence-corrected chi connectivity index (χ2v) is 7.25. The molecule has 0 fully saturated rings. The molecule has 3 heteroatoms. The fraction of sp³-hybridized carbons (Fsp3) is 0.0800. The van der Waals surface area contributed by atoms with E-state index in [0.29, 0.717) is 6.42 Å².